The number of hydrogen-bond acceptors (Lipinski definition) is 2. The first-order valence-electron chi connectivity index (χ1n) is 6.31. The molecule has 0 fully saturated rings. The molecule has 1 N–H and O–H groups in total. The zero-order valence-electron chi connectivity index (χ0n) is 11.1. The van der Waals surface area contributed by atoms with Gasteiger partial charge in [-0.15, -0.1) is 0 Å². The molecule has 0 radical (unpaired) electrons. The number of nitriles is 1. The molecule has 0 bridgehead atoms. The van der Waals surface area contributed by atoms with E-state index in [2.05, 4.69) is 42.6 Å². The van der Waals surface area contributed by atoms with E-state index < -0.39 is 0 Å². The van der Waals surface area contributed by atoms with Crippen molar-refractivity contribution in [2.24, 2.45) is 5.41 Å². The molecule has 1 aromatic rings. The van der Waals surface area contributed by atoms with Gasteiger partial charge in [-0.1, -0.05) is 19.1 Å². The highest BCUT2D eigenvalue weighted by Gasteiger charge is 2.15. The molecule has 92 valence electrons. The molecule has 0 aromatic heterocycles. The SMILES string of the molecule is CCc1ccc(NCCCC(C)(C)C#N)cc1. The van der Waals surface area contributed by atoms with E-state index in [0.29, 0.717) is 0 Å². The molecule has 17 heavy (non-hydrogen) atoms. The highest BCUT2D eigenvalue weighted by molar-refractivity contribution is 5.44. The first-order valence-corrected chi connectivity index (χ1v) is 6.31. The number of hydrogen-bond donors (Lipinski definition) is 1. The van der Waals surface area contributed by atoms with E-state index in [0.717, 1.165) is 31.5 Å². The Morgan fingerprint density at radius 1 is 1.24 bits per heavy atom. The summed E-state index contributed by atoms with van der Waals surface area (Å²) in [6, 6.07) is 10.9. The Hall–Kier alpha value is -1.49. The summed E-state index contributed by atoms with van der Waals surface area (Å²) in [6.07, 6.45) is 3.04. The van der Waals surface area contributed by atoms with Gasteiger partial charge in [0.05, 0.1) is 11.5 Å². The van der Waals surface area contributed by atoms with Crippen LogP contribution in [-0.4, -0.2) is 6.54 Å². The van der Waals surface area contributed by atoms with Crippen LogP contribution in [-0.2, 0) is 6.42 Å². The summed E-state index contributed by atoms with van der Waals surface area (Å²) in [6.45, 7) is 7.06. The molecule has 0 aliphatic rings. The zero-order chi connectivity index (χ0) is 12.7. The third-order valence-corrected chi connectivity index (χ3v) is 2.97. The predicted molar refractivity (Wildman–Crippen MR) is 72.9 cm³/mol. The van der Waals surface area contributed by atoms with Crippen LogP contribution in [0, 0.1) is 16.7 Å². The molecular formula is C15H22N2. The summed E-state index contributed by atoms with van der Waals surface area (Å²) in [5.41, 5.74) is 2.33. The number of benzene rings is 1. The lowest BCUT2D eigenvalue weighted by molar-refractivity contribution is 0.441. The van der Waals surface area contributed by atoms with Gasteiger partial charge in [-0.3, -0.25) is 0 Å². The largest absolute Gasteiger partial charge is 0.385 e. The van der Waals surface area contributed by atoms with E-state index in [4.69, 9.17) is 5.26 Å². The predicted octanol–water partition coefficient (Wildman–Crippen LogP) is 3.99. The van der Waals surface area contributed by atoms with E-state index in [1.807, 2.05) is 13.8 Å². The molecule has 0 saturated heterocycles. The number of nitrogens with zero attached hydrogens (tertiary/aromatic N) is 1. The summed E-state index contributed by atoms with van der Waals surface area (Å²) in [4.78, 5) is 0. The Morgan fingerprint density at radius 3 is 2.41 bits per heavy atom. The molecule has 2 nitrogen and oxygen atoms in total. The van der Waals surface area contributed by atoms with Crippen LogP contribution in [0.4, 0.5) is 5.69 Å². The van der Waals surface area contributed by atoms with Crippen molar-refractivity contribution >= 4 is 5.69 Å². The minimum absolute atomic E-state index is 0.201. The van der Waals surface area contributed by atoms with Crippen LogP contribution < -0.4 is 5.32 Å². The maximum Gasteiger partial charge on any atom is 0.0683 e. The molecule has 1 rings (SSSR count). The van der Waals surface area contributed by atoms with Gasteiger partial charge in [-0.05, 0) is 50.8 Å². The Kier molecular flexibility index (Phi) is 5.03. The maximum atomic E-state index is 8.90. The first-order chi connectivity index (χ1) is 8.07. The minimum Gasteiger partial charge on any atom is -0.385 e. The van der Waals surface area contributed by atoms with Gasteiger partial charge in [-0.25, -0.2) is 0 Å². The van der Waals surface area contributed by atoms with Crippen LogP contribution >= 0.6 is 0 Å². The molecule has 0 amide bonds. The van der Waals surface area contributed by atoms with Crippen molar-refractivity contribution in [2.45, 2.75) is 40.0 Å². The number of anilines is 1. The van der Waals surface area contributed by atoms with Gasteiger partial charge >= 0.3 is 0 Å². The number of aryl methyl sites for hydroxylation is 1. The van der Waals surface area contributed by atoms with Gasteiger partial charge < -0.3 is 5.32 Å². The Balaban J connectivity index is 2.29. The highest BCUT2D eigenvalue weighted by Crippen LogP contribution is 2.20. The van der Waals surface area contributed by atoms with Crippen molar-refractivity contribution in [3.05, 3.63) is 29.8 Å². The third kappa shape index (κ3) is 4.91. The summed E-state index contributed by atoms with van der Waals surface area (Å²) < 4.78 is 0. The lowest BCUT2D eigenvalue weighted by Crippen LogP contribution is -2.11. The lowest BCUT2D eigenvalue weighted by Gasteiger charge is -2.15. The Labute approximate surface area is 105 Å². The van der Waals surface area contributed by atoms with Crippen molar-refractivity contribution in [3.8, 4) is 6.07 Å². The van der Waals surface area contributed by atoms with Crippen molar-refractivity contribution in [2.75, 3.05) is 11.9 Å². The number of nitrogens with one attached hydrogen (secondary N) is 1. The van der Waals surface area contributed by atoms with Crippen molar-refractivity contribution in [3.63, 3.8) is 0 Å². The van der Waals surface area contributed by atoms with E-state index in [-0.39, 0.29) is 5.41 Å². The quantitative estimate of drug-likeness (QED) is 0.750. The van der Waals surface area contributed by atoms with Gasteiger partial charge in [-0.2, -0.15) is 5.26 Å². The molecule has 0 aliphatic carbocycles. The van der Waals surface area contributed by atoms with Crippen molar-refractivity contribution < 1.29 is 0 Å². The Morgan fingerprint density at radius 2 is 1.88 bits per heavy atom. The summed E-state index contributed by atoms with van der Waals surface area (Å²) >= 11 is 0. The standard InChI is InChI=1S/C15H22N2/c1-4-13-6-8-14(9-7-13)17-11-5-10-15(2,3)12-16/h6-9,17H,4-5,10-11H2,1-3H3. The summed E-state index contributed by atoms with van der Waals surface area (Å²) in [5.74, 6) is 0. The van der Waals surface area contributed by atoms with Gasteiger partial charge in [0.2, 0.25) is 0 Å². The summed E-state index contributed by atoms with van der Waals surface area (Å²) in [5, 5.41) is 12.3. The molecule has 0 unspecified atom stereocenters. The fourth-order valence-corrected chi connectivity index (χ4v) is 1.68. The van der Waals surface area contributed by atoms with Gasteiger partial charge in [0.15, 0.2) is 0 Å². The smallest absolute Gasteiger partial charge is 0.0683 e. The summed E-state index contributed by atoms with van der Waals surface area (Å²) in [7, 11) is 0. The second-order valence-electron chi connectivity index (χ2n) is 5.08. The second-order valence-corrected chi connectivity index (χ2v) is 5.08. The molecule has 2 heteroatoms. The average Bonchev–Trinajstić information content (AvgIpc) is 2.35. The Bertz CT molecular complexity index is 371. The first kappa shape index (κ1) is 13.6. The second kappa shape index (κ2) is 6.30. The highest BCUT2D eigenvalue weighted by atomic mass is 14.9. The fourth-order valence-electron chi connectivity index (χ4n) is 1.68. The van der Waals surface area contributed by atoms with Crippen LogP contribution in [0.25, 0.3) is 0 Å². The van der Waals surface area contributed by atoms with Crippen LogP contribution in [0.3, 0.4) is 0 Å². The molecule has 0 saturated carbocycles. The average molecular weight is 230 g/mol. The van der Waals surface area contributed by atoms with Gasteiger partial charge in [0.1, 0.15) is 0 Å². The normalized spacial score (nSPS) is 10.9. The van der Waals surface area contributed by atoms with Crippen LogP contribution in [0.5, 0.6) is 0 Å². The lowest BCUT2D eigenvalue weighted by atomic mass is 9.90. The fraction of sp³-hybridized carbons (Fsp3) is 0.533. The van der Waals surface area contributed by atoms with Crippen molar-refractivity contribution in [1.82, 2.24) is 0 Å². The minimum atomic E-state index is -0.201. The topological polar surface area (TPSA) is 35.8 Å². The van der Waals surface area contributed by atoms with E-state index in [1.54, 1.807) is 0 Å². The van der Waals surface area contributed by atoms with Gasteiger partial charge in [0, 0.05) is 12.2 Å². The number of rotatable bonds is 6. The van der Waals surface area contributed by atoms with Crippen LogP contribution in [0.2, 0.25) is 0 Å². The monoisotopic (exact) mass is 230 g/mol. The molecular weight excluding hydrogens is 208 g/mol. The zero-order valence-corrected chi connectivity index (χ0v) is 11.1. The van der Waals surface area contributed by atoms with E-state index in [9.17, 15) is 0 Å². The van der Waals surface area contributed by atoms with Crippen molar-refractivity contribution in [1.29, 1.82) is 5.26 Å². The molecule has 0 heterocycles. The maximum absolute atomic E-state index is 8.90. The molecule has 0 aliphatic heterocycles. The molecule has 0 spiro atoms. The molecule has 1 aromatic carbocycles. The van der Waals surface area contributed by atoms with E-state index >= 15 is 0 Å². The van der Waals surface area contributed by atoms with E-state index in [1.165, 1.54) is 5.56 Å². The van der Waals surface area contributed by atoms with Gasteiger partial charge in [0.25, 0.3) is 0 Å². The van der Waals surface area contributed by atoms with Crippen LogP contribution in [0.15, 0.2) is 24.3 Å². The third-order valence-electron chi connectivity index (χ3n) is 2.97. The molecule has 0 atom stereocenters. The van der Waals surface area contributed by atoms with Crippen LogP contribution in [0.1, 0.15) is 39.2 Å².